The van der Waals surface area contributed by atoms with E-state index >= 15 is 0 Å². The summed E-state index contributed by atoms with van der Waals surface area (Å²) in [6.07, 6.45) is 12.9. The number of hydrogen-bond acceptors (Lipinski definition) is 25. The van der Waals surface area contributed by atoms with Gasteiger partial charge in [0.2, 0.25) is 11.9 Å². The molecule has 3 aliphatic rings. The predicted molar refractivity (Wildman–Crippen MR) is 440 cm³/mol. The number of hydrogen-bond donors (Lipinski definition) is 10. The second-order valence-corrected chi connectivity index (χ2v) is 29.1. The highest BCUT2D eigenvalue weighted by molar-refractivity contribution is 5.94. The number of piperazine rings is 1. The number of aromatic amines is 3. The molecule has 0 bridgehead atoms. The fourth-order valence-electron chi connectivity index (χ4n) is 15.2. The monoisotopic (exact) mass is 1590 g/mol. The normalized spacial score (nSPS) is 14.3. The van der Waals surface area contributed by atoms with Gasteiger partial charge in [0.15, 0.2) is 16.6 Å². The van der Waals surface area contributed by atoms with Crippen LogP contribution >= 0.6 is 0 Å². The maximum Gasteiger partial charge on any atom is 0.277 e. The van der Waals surface area contributed by atoms with Gasteiger partial charge in [-0.2, -0.15) is 15.3 Å². The van der Waals surface area contributed by atoms with Crippen molar-refractivity contribution in [2.45, 2.75) is 131 Å². The van der Waals surface area contributed by atoms with Crippen LogP contribution < -0.4 is 62.4 Å². The lowest BCUT2D eigenvalue weighted by molar-refractivity contribution is -0.129. The lowest BCUT2D eigenvalue weighted by Crippen LogP contribution is -2.46. The number of hydroxylamine groups is 3. The average molecular weight is 1590 g/mol. The van der Waals surface area contributed by atoms with Crippen LogP contribution in [0.4, 0.5) is 17.3 Å². The lowest BCUT2D eigenvalue weighted by atomic mass is 9.89. The smallest absolute Gasteiger partial charge is 0.277 e. The van der Waals surface area contributed by atoms with Gasteiger partial charge < -0.3 is 49.2 Å². The molecule has 34 heteroatoms. The molecule has 10 heterocycles. The Morgan fingerprint density at radius 3 is 1.40 bits per heavy atom. The van der Waals surface area contributed by atoms with Crippen molar-refractivity contribution in [3.63, 3.8) is 0 Å². The van der Waals surface area contributed by atoms with Gasteiger partial charge in [0.25, 0.3) is 28.5 Å². The number of ether oxygens (including phenoxy) is 3. The molecule has 11 aromatic rings. The maximum absolute atomic E-state index is 13.0. The Morgan fingerprint density at radius 2 is 0.940 bits per heavy atom. The summed E-state index contributed by atoms with van der Waals surface area (Å²) in [5, 5.41) is 43.5. The zero-order valence-corrected chi connectivity index (χ0v) is 67.2. The minimum atomic E-state index is -0.646. The van der Waals surface area contributed by atoms with Crippen LogP contribution in [-0.2, 0) is 58.2 Å². The Bertz CT molecular complexity index is 5190. The largest absolute Gasteiger partial charge is 0.493 e. The van der Waals surface area contributed by atoms with Crippen molar-refractivity contribution in [2.24, 2.45) is 27.1 Å². The van der Waals surface area contributed by atoms with Crippen LogP contribution in [-0.4, -0.2) is 197 Å². The molecule has 0 atom stereocenters. The third-order valence-electron chi connectivity index (χ3n) is 21.0. The molecule has 614 valence electrons. The number of likely N-dealkylation sites (tertiary alicyclic amines) is 1. The van der Waals surface area contributed by atoms with Gasteiger partial charge >= 0.3 is 0 Å². The van der Waals surface area contributed by atoms with E-state index in [1.165, 1.54) is 18.0 Å². The number of piperidine rings is 2. The quantitative estimate of drug-likeness (QED) is 0.0162. The first-order chi connectivity index (χ1) is 56.2. The lowest BCUT2D eigenvalue weighted by Gasteiger charge is -2.34. The number of carbonyl (C=O) groups excluding carboxylic acids is 3. The molecule has 0 radical (unpaired) electrons. The average Bonchev–Trinajstić information content (AvgIpc) is 1.59. The first kappa shape index (κ1) is 83.4. The van der Waals surface area contributed by atoms with Gasteiger partial charge in [0.1, 0.15) is 51.3 Å². The van der Waals surface area contributed by atoms with E-state index in [9.17, 15) is 28.8 Å². The molecule has 3 saturated heterocycles. The summed E-state index contributed by atoms with van der Waals surface area (Å²) >= 11 is 0. The standard InChI is InChI=1S/C29H35N7O4.C27H33N9O4.C26H36N6O4/c1-4-6-23-25-26(35(3)33-23)29(38)32-27(31-25)22-17-20(9-12-24(22)40-5-2)30-19-13-15-36(16-14-19)21-10-7-18(8-11-21)28(37)34-39;1-4-6-20-22-23(34(3)32-20)26(38)31-24(30-22)19-13-17(7-8-21(19)40-5-2)16-35-9-11-36(12-10-35)27-28-14-18(15-29-27)25(37)33-39;1-4-6-20-23-24(31(3)29-20)26(34)28-25(27-23)19-16-18(7-8-21(19)36-5-2)15-17-9-12-32(13-10-17)14-11-22(33)30-35/h7-12,17,19,30,39H,4-6,13-16H2,1-3H3,(H,34,37)(H,31,32,38);7-8,13-15,39H,4-6,9-12,16H2,1-3H3,(H,33,37)(H,30,31,38);7-8,16-17,35H,4-6,9-15H2,1-3H3,(H,30,33)(H,27,28,34). The third kappa shape index (κ3) is 19.7. The van der Waals surface area contributed by atoms with Crippen LogP contribution in [0.25, 0.3) is 67.3 Å². The number of carbonyl (C=O) groups is 3. The minimum absolute atomic E-state index is 0.191. The van der Waals surface area contributed by atoms with Crippen LogP contribution in [0.1, 0.15) is 142 Å². The van der Waals surface area contributed by atoms with E-state index in [1.807, 2.05) is 75.4 Å². The molecule has 3 aliphatic heterocycles. The van der Waals surface area contributed by atoms with Gasteiger partial charge in [-0.1, -0.05) is 52.2 Å². The first-order valence-electron chi connectivity index (χ1n) is 39.9. The molecule has 3 amide bonds. The number of H-pyrrole nitrogens is 3. The topological polar surface area (TPSA) is 417 Å². The molecule has 4 aromatic carbocycles. The van der Waals surface area contributed by atoms with Gasteiger partial charge in [0, 0.05) is 115 Å². The maximum atomic E-state index is 13.0. The van der Waals surface area contributed by atoms with Crippen LogP contribution in [0.15, 0.2) is 106 Å². The van der Waals surface area contributed by atoms with Crippen LogP contribution in [0, 0.1) is 5.92 Å². The van der Waals surface area contributed by atoms with Crippen LogP contribution in [0.3, 0.4) is 0 Å². The van der Waals surface area contributed by atoms with Crippen molar-refractivity contribution < 1.29 is 44.2 Å². The molecule has 34 nitrogen and oxygen atoms in total. The van der Waals surface area contributed by atoms with E-state index in [1.54, 1.807) is 63.8 Å². The van der Waals surface area contributed by atoms with E-state index in [-0.39, 0.29) is 34.2 Å². The Morgan fingerprint density at radius 1 is 0.491 bits per heavy atom. The van der Waals surface area contributed by atoms with Gasteiger partial charge in [-0.3, -0.25) is 63.3 Å². The summed E-state index contributed by atoms with van der Waals surface area (Å²) in [4.78, 5) is 114. The first-order valence-corrected chi connectivity index (χ1v) is 39.9. The number of rotatable bonds is 28. The van der Waals surface area contributed by atoms with E-state index < -0.39 is 11.8 Å². The highest BCUT2D eigenvalue weighted by Crippen LogP contribution is 2.36. The van der Waals surface area contributed by atoms with Gasteiger partial charge in [-0.15, -0.1) is 0 Å². The molecule has 0 spiro atoms. The highest BCUT2D eigenvalue weighted by atomic mass is 16.5. The van der Waals surface area contributed by atoms with Gasteiger partial charge in [0.05, 0.1) is 59.2 Å². The zero-order valence-electron chi connectivity index (χ0n) is 67.2. The van der Waals surface area contributed by atoms with E-state index in [4.69, 9.17) is 44.8 Å². The minimum Gasteiger partial charge on any atom is -0.493 e. The van der Waals surface area contributed by atoms with Crippen molar-refractivity contribution in [1.82, 2.24) is 95.5 Å². The predicted octanol–water partition coefficient (Wildman–Crippen LogP) is 8.61. The van der Waals surface area contributed by atoms with Crippen molar-refractivity contribution in [3.05, 3.63) is 162 Å². The molecular formula is C82H104N22O12. The number of fused-ring (bicyclic) bond motifs is 3. The summed E-state index contributed by atoms with van der Waals surface area (Å²) in [5.74, 6) is 3.00. The second kappa shape index (κ2) is 38.9. The van der Waals surface area contributed by atoms with Crippen molar-refractivity contribution >= 4 is 68.1 Å². The molecule has 10 N–H and O–H groups in total. The molecule has 14 rings (SSSR count). The Balaban J connectivity index is 0.000000161. The van der Waals surface area contributed by atoms with Crippen LogP contribution in [0.5, 0.6) is 17.2 Å². The molecular weight excluding hydrogens is 1490 g/mol. The Labute approximate surface area is 669 Å². The molecule has 116 heavy (non-hydrogen) atoms. The second-order valence-electron chi connectivity index (χ2n) is 29.1. The van der Waals surface area contributed by atoms with E-state index in [0.717, 1.165) is 174 Å². The number of aromatic nitrogens is 14. The summed E-state index contributed by atoms with van der Waals surface area (Å²) in [6, 6.07) is 25.5. The number of benzene rings is 4. The third-order valence-corrected chi connectivity index (χ3v) is 21.0. The van der Waals surface area contributed by atoms with Crippen molar-refractivity contribution in [3.8, 4) is 51.4 Å². The highest BCUT2D eigenvalue weighted by Gasteiger charge is 2.28. The van der Waals surface area contributed by atoms with Crippen molar-refractivity contribution in [1.29, 1.82) is 0 Å². The summed E-state index contributed by atoms with van der Waals surface area (Å²) in [5.41, 5.74) is 17.1. The SMILES string of the molecule is CCCc1nn(C)c2c(=O)[nH]c(-c3cc(CC4CCN(CCC(=O)NO)CC4)ccc3OCC)nc12.CCCc1nn(C)c2c(=O)[nH]c(-c3cc(CN4CCN(c5ncc(C(=O)NO)cn5)CC4)ccc3OCC)nc12.CCCc1nn(C)c2c(=O)[nH]c(-c3cc(NC4CCN(c5ccc(C(=O)NO)cc5)CC4)ccc3OCC)nc12. The fourth-order valence-corrected chi connectivity index (χ4v) is 15.2. The fraction of sp³-hybridized carbons (Fsp3) is 0.439. The Hall–Kier alpha value is -12.0. The zero-order chi connectivity index (χ0) is 82.1. The van der Waals surface area contributed by atoms with E-state index in [2.05, 4.69) is 98.0 Å². The molecule has 0 aliphatic carbocycles. The van der Waals surface area contributed by atoms with Crippen molar-refractivity contribution in [2.75, 3.05) is 93.8 Å². The molecule has 0 unspecified atom stereocenters. The summed E-state index contributed by atoms with van der Waals surface area (Å²) in [7, 11) is 5.31. The summed E-state index contributed by atoms with van der Waals surface area (Å²) < 4.78 is 22.5. The molecule has 3 fully saturated rings. The molecule has 7 aromatic heterocycles. The van der Waals surface area contributed by atoms with Gasteiger partial charge in [-0.25, -0.2) is 41.4 Å². The number of nitrogens with zero attached hydrogens (tertiary/aromatic N) is 15. The molecule has 0 saturated carbocycles. The number of nitrogens with one attached hydrogen (secondary N) is 7. The number of anilines is 3. The van der Waals surface area contributed by atoms with Gasteiger partial charge in [-0.05, 0) is 169 Å². The summed E-state index contributed by atoms with van der Waals surface area (Å²) in [6.45, 7) is 21.5. The van der Waals surface area contributed by atoms with E-state index in [0.29, 0.717) is 125 Å². The number of amides is 3. The Kier molecular flexibility index (Phi) is 28.0. The number of aryl methyl sites for hydroxylation is 6. The van der Waals surface area contributed by atoms with Crippen LogP contribution in [0.2, 0.25) is 0 Å².